The van der Waals surface area contributed by atoms with Crippen LogP contribution in [0.5, 0.6) is 0 Å². The van der Waals surface area contributed by atoms with Crippen LogP contribution < -0.4 is 5.32 Å². The minimum atomic E-state index is 0. The van der Waals surface area contributed by atoms with Crippen LogP contribution in [0.15, 0.2) is 24.3 Å². The molecule has 2 aromatic rings. The summed E-state index contributed by atoms with van der Waals surface area (Å²) in [6.45, 7) is 9.50. The van der Waals surface area contributed by atoms with Crippen LogP contribution in [0.4, 0.5) is 0 Å². The van der Waals surface area contributed by atoms with E-state index in [1.165, 1.54) is 62.2 Å². The Morgan fingerprint density at radius 3 is 2.40 bits per heavy atom. The molecule has 1 aromatic carbocycles. The molecule has 1 saturated heterocycles. The maximum atomic E-state index is 3.63. The lowest BCUT2D eigenvalue weighted by molar-refractivity contribution is 0.202. The predicted molar refractivity (Wildman–Crippen MR) is 113 cm³/mol. The molecular weight excluding hydrogens is 379 g/mol. The standard InChI is InChI=1S/C18H26N4.3ClH/c1-2-5-17-15(4-1)16-6-11-22(14-18(16)20-17)10-3-9-21-12-7-19-8-13-21;;;/h1-2,4-5,19-20H,3,6-14H2;3*1H. The van der Waals surface area contributed by atoms with E-state index in [9.17, 15) is 0 Å². The number of aromatic nitrogens is 1. The third-order valence-corrected chi connectivity index (χ3v) is 5.12. The van der Waals surface area contributed by atoms with Crippen LogP contribution in [0.25, 0.3) is 10.9 Å². The SMILES string of the molecule is Cl.Cl.Cl.c1ccc2c3c([nH]c2c1)CN(CCCN1CCNCC1)CC3. The first kappa shape index (κ1) is 22.6. The maximum absolute atomic E-state index is 3.63. The number of hydrogen-bond donors (Lipinski definition) is 2. The van der Waals surface area contributed by atoms with Gasteiger partial charge in [0.15, 0.2) is 0 Å². The molecule has 0 unspecified atom stereocenters. The molecule has 25 heavy (non-hydrogen) atoms. The van der Waals surface area contributed by atoms with Crippen molar-refractivity contribution in [2.45, 2.75) is 19.4 Å². The number of nitrogens with zero attached hydrogens (tertiary/aromatic N) is 2. The quantitative estimate of drug-likeness (QED) is 0.817. The van der Waals surface area contributed by atoms with E-state index in [2.05, 4.69) is 44.4 Å². The Hall–Kier alpha value is -0.490. The van der Waals surface area contributed by atoms with Gasteiger partial charge in [-0.05, 0) is 37.6 Å². The van der Waals surface area contributed by atoms with Crippen LogP contribution in [0, 0.1) is 0 Å². The largest absolute Gasteiger partial charge is 0.357 e. The first-order valence-corrected chi connectivity index (χ1v) is 8.64. The summed E-state index contributed by atoms with van der Waals surface area (Å²) in [5, 5.41) is 4.85. The van der Waals surface area contributed by atoms with Gasteiger partial charge in [0, 0.05) is 55.9 Å². The zero-order chi connectivity index (χ0) is 14.8. The second-order valence-corrected chi connectivity index (χ2v) is 6.60. The lowest BCUT2D eigenvalue weighted by atomic mass is 10.0. The Labute approximate surface area is 168 Å². The van der Waals surface area contributed by atoms with Gasteiger partial charge in [-0.2, -0.15) is 0 Å². The summed E-state index contributed by atoms with van der Waals surface area (Å²) >= 11 is 0. The van der Waals surface area contributed by atoms with Gasteiger partial charge in [0.1, 0.15) is 0 Å². The predicted octanol–water partition coefficient (Wildman–Crippen LogP) is 3.09. The number of rotatable bonds is 4. The molecule has 1 aromatic heterocycles. The molecule has 4 nitrogen and oxygen atoms in total. The van der Waals surface area contributed by atoms with Crippen LogP contribution in [0.1, 0.15) is 17.7 Å². The van der Waals surface area contributed by atoms with Crippen molar-refractivity contribution >= 4 is 48.1 Å². The van der Waals surface area contributed by atoms with Crippen molar-refractivity contribution in [3.8, 4) is 0 Å². The van der Waals surface area contributed by atoms with E-state index < -0.39 is 0 Å². The van der Waals surface area contributed by atoms with Crippen molar-refractivity contribution in [2.75, 3.05) is 45.8 Å². The van der Waals surface area contributed by atoms with Gasteiger partial charge in [0.2, 0.25) is 0 Å². The minimum absolute atomic E-state index is 0. The van der Waals surface area contributed by atoms with Gasteiger partial charge >= 0.3 is 0 Å². The van der Waals surface area contributed by atoms with Crippen LogP contribution in [-0.4, -0.2) is 60.6 Å². The average molecular weight is 408 g/mol. The van der Waals surface area contributed by atoms with Gasteiger partial charge in [-0.15, -0.1) is 37.2 Å². The zero-order valence-electron chi connectivity index (χ0n) is 14.5. The lowest BCUT2D eigenvalue weighted by Crippen LogP contribution is -2.44. The number of aromatic amines is 1. The Bertz CT molecular complexity index is 640. The van der Waals surface area contributed by atoms with Gasteiger partial charge in [-0.1, -0.05) is 18.2 Å². The molecule has 142 valence electrons. The molecule has 2 aliphatic heterocycles. The minimum Gasteiger partial charge on any atom is -0.357 e. The van der Waals surface area contributed by atoms with Crippen molar-refractivity contribution in [3.05, 3.63) is 35.5 Å². The molecule has 2 N–H and O–H groups in total. The highest BCUT2D eigenvalue weighted by atomic mass is 35.5. The maximum Gasteiger partial charge on any atom is 0.0459 e. The van der Waals surface area contributed by atoms with Crippen molar-refractivity contribution in [3.63, 3.8) is 0 Å². The summed E-state index contributed by atoms with van der Waals surface area (Å²) < 4.78 is 0. The molecule has 0 radical (unpaired) electrons. The second kappa shape index (κ2) is 10.6. The summed E-state index contributed by atoms with van der Waals surface area (Å²) in [5.41, 5.74) is 4.29. The fourth-order valence-corrected chi connectivity index (χ4v) is 3.89. The molecule has 0 aliphatic carbocycles. The average Bonchev–Trinajstić information content (AvgIpc) is 2.93. The molecular formula is C18H29Cl3N4. The molecule has 0 bridgehead atoms. The fourth-order valence-electron chi connectivity index (χ4n) is 3.89. The van der Waals surface area contributed by atoms with Crippen molar-refractivity contribution < 1.29 is 0 Å². The van der Waals surface area contributed by atoms with Crippen LogP contribution in [0.3, 0.4) is 0 Å². The number of nitrogens with one attached hydrogen (secondary N) is 2. The van der Waals surface area contributed by atoms with Gasteiger partial charge in [0.05, 0.1) is 0 Å². The highest BCUT2D eigenvalue weighted by molar-refractivity contribution is 5.86. The van der Waals surface area contributed by atoms with Gasteiger partial charge < -0.3 is 15.2 Å². The van der Waals surface area contributed by atoms with Crippen LogP contribution in [-0.2, 0) is 13.0 Å². The molecule has 4 rings (SSSR count). The van der Waals surface area contributed by atoms with Crippen LogP contribution >= 0.6 is 37.2 Å². The summed E-state index contributed by atoms with van der Waals surface area (Å²) in [5.74, 6) is 0. The summed E-state index contributed by atoms with van der Waals surface area (Å²) in [6, 6.07) is 8.72. The smallest absolute Gasteiger partial charge is 0.0459 e. The van der Waals surface area contributed by atoms with E-state index in [1.807, 2.05) is 0 Å². The Morgan fingerprint density at radius 2 is 1.60 bits per heavy atom. The Balaban J connectivity index is 0.00000104. The first-order valence-electron chi connectivity index (χ1n) is 8.64. The number of para-hydroxylation sites is 1. The molecule has 0 amide bonds. The van der Waals surface area contributed by atoms with E-state index in [4.69, 9.17) is 0 Å². The van der Waals surface area contributed by atoms with Crippen molar-refractivity contribution in [1.29, 1.82) is 0 Å². The van der Waals surface area contributed by atoms with E-state index in [-0.39, 0.29) is 37.2 Å². The molecule has 0 atom stereocenters. The monoisotopic (exact) mass is 406 g/mol. The van der Waals surface area contributed by atoms with Crippen LogP contribution in [0.2, 0.25) is 0 Å². The molecule has 2 aliphatic rings. The molecule has 0 spiro atoms. The summed E-state index contributed by atoms with van der Waals surface area (Å²) in [7, 11) is 0. The van der Waals surface area contributed by atoms with E-state index in [1.54, 1.807) is 5.56 Å². The fraction of sp³-hybridized carbons (Fsp3) is 0.556. The second-order valence-electron chi connectivity index (χ2n) is 6.60. The summed E-state index contributed by atoms with van der Waals surface area (Å²) in [4.78, 5) is 8.83. The van der Waals surface area contributed by atoms with Gasteiger partial charge in [-0.3, -0.25) is 4.90 Å². The van der Waals surface area contributed by atoms with Gasteiger partial charge in [0.25, 0.3) is 0 Å². The highest BCUT2D eigenvalue weighted by Gasteiger charge is 2.20. The molecule has 3 heterocycles. The number of halogens is 3. The van der Waals surface area contributed by atoms with Gasteiger partial charge in [-0.25, -0.2) is 0 Å². The van der Waals surface area contributed by atoms with Crippen molar-refractivity contribution in [2.24, 2.45) is 0 Å². The number of H-pyrrole nitrogens is 1. The molecule has 0 saturated carbocycles. The lowest BCUT2D eigenvalue weighted by Gasteiger charge is -2.30. The number of piperazine rings is 1. The number of benzene rings is 1. The zero-order valence-corrected chi connectivity index (χ0v) is 16.9. The summed E-state index contributed by atoms with van der Waals surface area (Å²) in [6.07, 6.45) is 2.47. The van der Waals surface area contributed by atoms with E-state index in [0.29, 0.717) is 0 Å². The normalized spacial score (nSPS) is 17.9. The number of fused-ring (bicyclic) bond motifs is 3. The Morgan fingerprint density at radius 1 is 0.880 bits per heavy atom. The molecule has 7 heteroatoms. The topological polar surface area (TPSA) is 34.3 Å². The van der Waals surface area contributed by atoms with Crippen molar-refractivity contribution in [1.82, 2.24) is 20.1 Å². The number of hydrogen-bond acceptors (Lipinski definition) is 3. The first-order chi connectivity index (χ1) is 10.9. The molecule has 1 fully saturated rings. The third kappa shape index (κ3) is 5.25. The Kier molecular flexibility index (Phi) is 9.57. The highest BCUT2D eigenvalue weighted by Crippen LogP contribution is 2.27. The van der Waals surface area contributed by atoms with E-state index >= 15 is 0 Å². The third-order valence-electron chi connectivity index (χ3n) is 5.12. The van der Waals surface area contributed by atoms with E-state index in [0.717, 1.165) is 19.6 Å².